The summed E-state index contributed by atoms with van der Waals surface area (Å²) >= 11 is 26.4. The van der Waals surface area contributed by atoms with E-state index in [9.17, 15) is 0 Å². The number of rotatable bonds is 1. The summed E-state index contributed by atoms with van der Waals surface area (Å²) in [6.07, 6.45) is 0. The van der Waals surface area contributed by atoms with Crippen LogP contribution < -0.4 is 0 Å². The number of hydrogen-bond acceptors (Lipinski definition) is 0. The molecular weight excluding hydrogens is 273 g/mol. The van der Waals surface area contributed by atoms with Gasteiger partial charge in [-0.15, -0.1) is 34.8 Å². The molecule has 0 nitrogen and oxygen atoms in total. The van der Waals surface area contributed by atoms with Gasteiger partial charge < -0.3 is 0 Å². The molecule has 0 fully saturated rings. The Bertz CT molecular complexity index is 215. The van der Waals surface area contributed by atoms with Crippen molar-refractivity contribution in [2.45, 2.75) is 4.84 Å². The molecule has 0 aliphatic carbocycles. The number of hydrogen-bond donors (Lipinski definition) is 0. The molecule has 0 heterocycles. The van der Waals surface area contributed by atoms with Crippen LogP contribution in [-0.2, 0) is 0 Å². The van der Waals surface area contributed by atoms with Crippen molar-refractivity contribution < 1.29 is 0 Å². The van der Waals surface area contributed by atoms with Gasteiger partial charge in [0.2, 0.25) is 0 Å². The van der Waals surface area contributed by atoms with E-state index in [0.29, 0.717) is 15.9 Å². The van der Waals surface area contributed by atoms with E-state index in [2.05, 4.69) is 0 Å². The lowest BCUT2D eigenvalue weighted by Crippen LogP contribution is -1.82. The predicted molar refractivity (Wildman–Crippen MR) is 62.7 cm³/mol. The van der Waals surface area contributed by atoms with Gasteiger partial charge in [-0.1, -0.05) is 35.3 Å². The van der Waals surface area contributed by atoms with Gasteiger partial charge in [0.25, 0.3) is 0 Å². The summed E-state index contributed by atoms with van der Waals surface area (Å²) in [5, 5.41) is 1.21. The van der Waals surface area contributed by atoms with Crippen LogP contribution in [0.15, 0.2) is 24.3 Å². The van der Waals surface area contributed by atoms with E-state index in [1.807, 2.05) is 12.1 Å². The van der Waals surface area contributed by atoms with Gasteiger partial charge >= 0.3 is 0 Å². The van der Waals surface area contributed by atoms with Gasteiger partial charge in [0, 0.05) is 0 Å². The van der Waals surface area contributed by atoms with Crippen LogP contribution in [0.3, 0.4) is 0 Å². The Morgan fingerprint density at radius 2 is 1.31 bits per heavy atom. The molecule has 0 bridgehead atoms. The van der Waals surface area contributed by atoms with E-state index in [1.54, 1.807) is 12.1 Å². The van der Waals surface area contributed by atoms with Crippen LogP contribution in [0.5, 0.6) is 0 Å². The average Bonchev–Trinajstić information content (AvgIpc) is 2.11. The summed E-state index contributed by atoms with van der Waals surface area (Å²) in [6, 6.07) is 7.19. The second-order valence-electron chi connectivity index (χ2n) is 1.96. The van der Waals surface area contributed by atoms with E-state index in [-0.39, 0.29) is 0 Å². The molecule has 0 atom stereocenters. The zero-order valence-corrected chi connectivity index (χ0v) is 10.3. The standard InChI is InChI=1S/C6H4Cl2.C2H3Cl3/c7-5-3-1-2-4-6(5)8;3-1-2(4)5/h1-4H;2H,1H2. The number of alkyl halides is 3. The van der Waals surface area contributed by atoms with Crippen LogP contribution in [0.1, 0.15) is 0 Å². The Balaban J connectivity index is 0.000000252. The third kappa shape index (κ3) is 7.72. The smallest absolute Gasteiger partial charge is 0.121 e. The first-order valence-electron chi connectivity index (χ1n) is 3.32. The van der Waals surface area contributed by atoms with E-state index < -0.39 is 4.84 Å². The third-order valence-corrected chi connectivity index (χ3v) is 2.63. The van der Waals surface area contributed by atoms with Crippen molar-refractivity contribution >= 4 is 58.0 Å². The molecule has 0 aromatic heterocycles. The first kappa shape index (κ1) is 13.7. The highest BCUT2D eigenvalue weighted by atomic mass is 35.5. The molecule has 0 unspecified atom stereocenters. The second-order valence-corrected chi connectivity index (χ2v) is 4.36. The third-order valence-electron chi connectivity index (χ3n) is 0.941. The summed E-state index contributed by atoms with van der Waals surface area (Å²) in [7, 11) is 0. The Kier molecular flexibility index (Phi) is 8.43. The molecule has 0 radical (unpaired) electrons. The van der Waals surface area contributed by atoms with Gasteiger partial charge in [-0.3, -0.25) is 0 Å². The lowest BCUT2D eigenvalue weighted by Gasteiger charge is -1.88. The van der Waals surface area contributed by atoms with Crippen molar-refractivity contribution in [2.24, 2.45) is 0 Å². The van der Waals surface area contributed by atoms with Gasteiger partial charge in [-0.25, -0.2) is 0 Å². The Morgan fingerprint density at radius 1 is 1.00 bits per heavy atom. The van der Waals surface area contributed by atoms with Crippen LogP contribution in [0, 0.1) is 0 Å². The lowest BCUT2D eigenvalue weighted by molar-refractivity contribution is 1.40. The molecule has 13 heavy (non-hydrogen) atoms. The van der Waals surface area contributed by atoms with Crippen molar-refractivity contribution in [3.8, 4) is 0 Å². The minimum absolute atomic E-state index is 0.309. The minimum Gasteiger partial charge on any atom is -0.124 e. The number of benzene rings is 1. The van der Waals surface area contributed by atoms with Crippen molar-refractivity contribution in [3.63, 3.8) is 0 Å². The van der Waals surface area contributed by atoms with Crippen molar-refractivity contribution in [3.05, 3.63) is 34.3 Å². The molecule has 1 rings (SSSR count). The van der Waals surface area contributed by atoms with Crippen LogP contribution in [0.4, 0.5) is 0 Å². The van der Waals surface area contributed by atoms with Crippen LogP contribution >= 0.6 is 58.0 Å². The average molecular weight is 280 g/mol. The Morgan fingerprint density at radius 3 is 1.46 bits per heavy atom. The zero-order valence-electron chi connectivity index (χ0n) is 6.48. The Labute approximate surface area is 103 Å². The molecule has 0 saturated carbocycles. The summed E-state index contributed by atoms with van der Waals surface area (Å²) in [6.45, 7) is 0. The molecular formula is C8H7Cl5. The minimum atomic E-state index is -0.406. The van der Waals surface area contributed by atoms with Gasteiger partial charge in [0.1, 0.15) is 4.84 Å². The van der Waals surface area contributed by atoms with Gasteiger partial charge in [-0.05, 0) is 12.1 Å². The van der Waals surface area contributed by atoms with E-state index in [1.165, 1.54) is 0 Å². The quantitative estimate of drug-likeness (QED) is 0.633. The highest BCUT2D eigenvalue weighted by Crippen LogP contribution is 2.19. The van der Waals surface area contributed by atoms with Crippen molar-refractivity contribution in [2.75, 3.05) is 5.88 Å². The summed E-state index contributed by atoms with van der Waals surface area (Å²) < 4.78 is 0. The summed E-state index contributed by atoms with van der Waals surface area (Å²) in [4.78, 5) is -0.406. The van der Waals surface area contributed by atoms with Crippen molar-refractivity contribution in [1.29, 1.82) is 0 Å². The van der Waals surface area contributed by atoms with Crippen LogP contribution in [0.2, 0.25) is 10.0 Å². The van der Waals surface area contributed by atoms with Crippen molar-refractivity contribution in [1.82, 2.24) is 0 Å². The van der Waals surface area contributed by atoms with E-state index >= 15 is 0 Å². The van der Waals surface area contributed by atoms with E-state index in [4.69, 9.17) is 58.0 Å². The van der Waals surface area contributed by atoms with Gasteiger partial charge in [0.05, 0.1) is 15.9 Å². The molecule has 1 aromatic rings. The molecule has 0 amide bonds. The summed E-state index contributed by atoms with van der Waals surface area (Å²) in [5.74, 6) is 0.309. The normalized spacial score (nSPS) is 9.38. The summed E-state index contributed by atoms with van der Waals surface area (Å²) in [5.41, 5.74) is 0. The second kappa shape index (κ2) is 8.02. The van der Waals surface area contributed by atoms with Crippen LogP contribution in [-0.4, -0.2) is 10.7 Å². The highest BCUT2D eigenvalue weighted by Gasteiger charge is 1.89. The maximum Gasteiger partial charge on any atom is 0.121 e. The Hall–Kier alpha value is 0.670. The first-order chi connectivity index (χ1) is 6.07. The highest BCUT2D eigenvalue weighted by molar-refractivity contribution is 6.47. The molecule has 0 saturated heterocycles. The predicted octanol–water partition coefficient (Wildman–Crippen LogP) is 5.02. The molecule has 5 heteroatoms. The molecule has 0 spiro atoms. The molecule has 0 N–H and O–H groups in total. The maximum atomic E-state index is 5.58. The lowest BCUT2D eigenvalue weighted by atomic mass is 10.4. The van der Waals surface area contributed by atoms with Gasteiger partial charge in [0.15, 0.2) is 0 Å². The van der Waals surface area contributed by atoms with Crippen LogP contribution in [0.25, 0.3) is 0 Å². The topological polar surface area (TPSA) is 0 Å². The molecule has 0 aliphatic rings. The first-order valence-corrected chi connectivity index (χ1v) is 5.48. The monoisotopic (exact) mass is 278 g/mol. The fraction of sp³-hybridized carbons (Fsp3) is 0.250. The molecule has 0 aliphatic heterocycles. The molecule has 1 aromatic carbocycles. The SMILES string of the molecule is ClCC(Cl)Cl.Clc1ccccc1Cl. The largest absolute Gasteiger partial charge is 0.124 e. The fourth-order valence-corrected chi connectivity index (χ4v) is 0.711. The molecule has 74 valence electrons. The maximum absolute atomic E-state index is 5.58. The number of halogens is 5. The van der Waals surface area contributed by atoms with E-state index in [0.717, 1.165) is 0 Å². The zero-order chi connectivity index (χ0) is 10.3. The van der Waals surface area contributed by atoms with Gasteiger partial charge in [-0.2, -0.15) is 0 Å². The fourth-order valence-electron chi connectivity index (χ4n) is 0.439.